The molecule has 1 unspecified atom stereocenters. The highest BCUT2D eigenvalue weighted by molar-refractivity contribution is 7.89. The molecule has 0 aromatic heterocycles. The topological polar surface area (TPSA) is 74.7 Å². The largest absolute Gasteiger partial charge is 0.302 e. The molecule has 1 atom stereocenters. The molecule has 0 fully saturated rings. The maximum Gasteiger partial charge on any atom is 0.242 e. The van der Waals surface area contributed by atoms with Crippen molar-refractivity contribution in [3.8, 4) is 0 Å². The highest BCUT2D eigenvalue weighted by atomic mass is 32.2. The fourth-order valence-electron chi connectivity index (χ4n) is 0.939. The fraction of sp³-hybridized carbons (Fsp3) is 0.250. The summed E-state index contributed by atoms with van der Waals surface area (Å²) in [5.74, 6) is 0. The molecule has 1 N–H and O–H groups in total. The Morgan fingerprint density at radius 3 is 2.00 bits per heavy atom. The molecule has 0 heterocycles. The molecule has 15 heavy (non-hydrogen) atoms. The van der Waals surface area contributed by atoms with Gasteiger partial charge in [0, 0.05) is 14.1 Å². The molecular formula is C8H11NO4S2. The van der Waals surface area contributed by atoms with Gasteiger partial charge in [0.15, 0.2) is 11.1 Å². The summed E-state index contributed by atoms with van der Waals surface area (Å²) >= 11 is -2.08. The zero-order valence-electron chi connectivity index (χ0n) is 8.25. The number of rotatable bonds is 3. The highest BCUT2D eigenvalue weighted by Crippen LogP contribution is 2.15. The zero-order chi connectivity index (χ0) is 11.6. The molecule has 0 saturated heterocycles. The Kier molecular flexibility index (Phi) is 3.61. The number of hydrogen-bond acceptors (Lipinski definition) is 3. The molecular weight excluding hydrogens is 238 g/mol. The van der Waals surface area contributed by atoms with Gasteiger partial charge in [0.1, 0.15) is 0 Å². The summed E-state index contributed by atoms with van der Waals surface area (Å²) in [4.78, 5) is 0.273. The second-order valence-electron chi connectivity index (χ2n) is 3.01. The lowest BCUT2D eigenvalue weighted by molar-refractivity contribution is 0.520. The van der Waals surface area contributed by atoms with E-state index in [4.69, 9.17) is 4.55 Å². The quantitative estimate of drug-likeness (QED) is 0.792. The van der Waals surface area contributed by atoms with E-state index in [1.54, 1.807) is 0 Å². The highest BCUT2D eigenvalue weighted by Gasteiger charge is 2.16. The second kappa shape index (κ2) is 4.40. The van der Waals surface area contributed by atoms with E-state index in [1.165, 1.54) is 38.4 Å². The molecule has 0 amide bonds. The summed E-state index contributed by atoms with van der Waals surface area (Å²) in [6, 6.07) is 5.23. The molecule has 0 spiro atoms. The van der Waals surface area contributed by atoms with Gasteiger partial charge in [-0.15, -0.1) is 0 Å². The first-order valence-corrected chi connectivity index (χ1v) is 6.54. The van der Waals surface area contributed by atoms with Gasteiger partial charge in [-0.25, -0.2) is 16.9 Å². The Balaban J connectivity index is 3.15. The molecule has 0 aliphatic heterocycles. The molecule has 0 bridgehead atoms. The van der Waals surface area contributed by atoms with Crippen molar-refractivity contribution in [1.82, 2.24) is 4.31 Å². The van der Waals surface area contributed by atoms with Gasteiger partial charge in [0.2, 0.25) is 10.0 Å². The predicted octanol–water partition coefficient (Wildman–Crippen LogP) is 0.518. The Bertz CT molecular complexity index is 464. The fourth-order valence-corrected chi connectivity index (χ4v) is 2.21. The molecule has 0 aliphatic rings. The van der Waals surface area contributed by atoms with Crippen LogP contribution in [0, 0.1) is 0 Å². The summed E-state index contributed by atoms with van der Waals surface area (Å²) in [5, 5.41) is 0. The van der Waals surface area contributed by atoms with E-state index in [1.807, 2.05) is 0 Å². The molecule has 84 valence electrons. The summed E-state index contributed by atoms with van der Waals surface area (Å²) in [7, 11) is -0.619. The van der Waals surface area contributed by atoms with Crippen molar-refractivity contribution < 1.29 is 17.2 Å². The summed E-state index contributed by atoms with van der Waals surface area (Å²) in [6.45, 7) is 0. The van der Waals surface area contributed by atoms with Crippen LogP contribution in [0.1, 0.15) is 0 Å². The van der Waals surface area contributed by atoms with Crippen molar-refractivity contribution in [2.24, 2.45) is 0 Å². The second-order valence-corrected chi connectivity index (χ2v) is 6.13. The van der Waals surface area contributed by atoms with Gasteiger partial charge >= 0.3 is 0 Å². The maximum absolute atomic E-state index is 11.6. The summed E-state index contributed by atoms with van der Waals surface area (Å²) in [5.41, 5.74) is 0. The molecule has 7 heteroatoms. The van der Waals surface area contributed by atoms with Crippen LogP contribution in [0.4, 0.5) is 0 Å². The smallest absolute Gasteiger partial charge is 0.242 e. The van der Waals surface area contributed by atoms with Gasteiger partial charge < -0.3 is 4.55 Å². The number of nitrogens with zero attached hydrogens (tertiary/aromatic N) is 1. The predicted molar refractivity (Wildman–Crippen MR) is 56.4 cm³/mol. The van der Waals surface area contributed by atoms with E-state index in [2.05, 4.69) is 0 Å². The lowest BCUT2D eigenvalue weighted by Crippen LogP contribution is -2.22. The van der Waals surface area contributed by atoms with Crippen molar-refractivity contribution in [3.63, 3.8) is 0 Å². The minimum Gasteiger partial charge on any atom is -0.302 e. The third-order valence-electron chi connectivity index (χ3n) is 1.80. The van der Waals surface area contributed by atoms with Crippen LogP contribution in [-0.2, 0) is 21.1 Å². The van der Waals surface area contributed by atoms with E-state index in [9.17, 15) is 12.6 Å². The summed E-state index contributed by atoms with van der Waals surface area (Å²) in [6.07, 6.45) is 0. The Labute approximate surface area is 91.1 Å². The summed E-state index contributed by atoms with van der Waals surface area (Å²) < 4.78 is 43.7. The SMILES string of the molecule is CN(C)S(=O)(=O)c1ccc(S(=O)O)cc1. The van der Waals surface area contributed by atoms with Crippen LogP contribution in [-0.4, -0.2) is 35.6 Å². The minimum absolute atomic E-state index is 0.0988. The van der Waals surface area contributed by atoms with Gasteiger partial charge in [-0.3, -0.25) is 0 Å². The lowest BCUT2D eigenvalue weighted by atomic mass is 10.4. The van der Waals surface area contributed by atoms with Gasteiger partial charge in [0.05, 0.1) is 9.79 Å². The van der Waals surface area contributed by atoms with Crippen molar-refractivity contribution >= 4 is 21.1 Å². The van der Waals surface area contributed by atoms with E-state index in [0.29, 0.717) is 0 Å². The van der Waals surface area contributed by atoms with Crippen LogP contribution in [0.2, 0.25) is 0 Å². The van der Waals surface area contributed by atoms with Gasteiger partial charge in [-0.1, -0.05) is 0 Å². The molecule has 1 aromatic rings. The zero-order valence-corrected chi connectivity index (χ0v) is 9.88. The Hall–Kier alpha value is -0.760. The average molecular weight is 249 g/mol. The van der Waals surface area contributed by atoms with Crippen LogP contribution in [0.25, 0.3) is 0 Å². The van der Waals surface area contributed by atoms with Crippen molar-refractivity contribution in [3.05, 3.63) is 24.3 Å². The molecule has 0 aliphatic carbocycles. The van der Waals surface area contributed by atoms with E-state index in [-0.39, 0.29) is 9.79 Å². The van der Waals surface area contributed by atoms with Gasteiger partial charge in [-0.05, 0) is 24.3 Å². The first-order valence-electron chi connectivity index (χ1n) is 3.99. The van der Waals surface area contributed by atoms with Crippen molar-refractivity contribution in [2.45, 2.75) is 9.79 Å². The molecule has 1 rings (SSSR count). The normalized spacial score (nSPS) is 14.1. The van der Waals surface area contributed by atoms with Crippen molar-refractivity contribution in [2.75, 3.05) is 14.1 Å². The standard InChI is InChI=1S/C8H11NO4S2/c1-9(2)15(12,13)8-5-3-7(4-6-8)14(10)11/h3-6H,1-2H3,(H,10,11). The molecule has 0 radical (unpaired) electrons. The molecule has 0 saturated carbocycles. The minimum atomic E-state index is -3.47. The Morgan fingerprint density at radius 2 is 1.67 bits per heavy atom. The van der Waals surface area contributed by atoms with Gasteiger partial charge in [0.25, 0.3) is 0 Å². The van der Waals surface area contributed by atoms with E-state index < -0.39 is 21.1 Å². The van der Waals surface area contributed by atoms with E-state index >= 15 is 0 Å². The first-order chi connectivity index (χ1) is 6.85. The van der Waals surface area contributed by atoms with Crippen LogP contribution in [0.15, 0.2) is 34.1 Å². The van der Waals surface area contributed by atoms with Crippen LogP contribution < -0.4 is 0 Å². The molecule has 1 aromatic carbocycles. The van der Waals surface area contributed by atoms with E-state index in [0.717, 1.165) is 4.31 Å². The van der Waals surface area contributed by atoms with Crippen molar-refractivity contribution in [1.29, 1.82) is 0 Å². The van der Waals surface area contributed by atoms with Crippen LogP contribution >= 0.6 is 0 Å². The first kappa shape index (κ1) is 12.3. The van der Waals surface area contributed by atoms with Gasteiger partial charge in [-0.2, -0.15) is 0 Å². The third-order valence-corrected chi connectivity index (χ3v) is 4.31. The number of hydrogen-bond donors (Lipinski definition) is 1. The molecule has 5 nitrogen and oxygen atoms in total. The maximum atomic E-state index is 11.6. The third kappa shape index (κ3) is 2.63. The number of benzene rings is 1. The van der Waals surface area contributed by atoms with Crippen LogP contribution in [0.3, 0.4) is 0 Å². The number of sulfonamides is 1. The lowest BCUT2D eigenvalue weighted by Gasteiger charge is -2.10. The monoisotopic (exact) mass is 249 g/mol. The average Bonchev–Trinajstić information content (AvgIpc) is 2.17. The Morgan fingerprint density at radius 1 is 1.20 bits per heavy atom. The van der Waals surface area contributed by atoms with Crippen LogP contribution in [0.5, 0.6) is 0 Å².